The molecule has 0 aliphatic carbocycles. The van der Waals surface area contributed by atoms with E-state index in [-0.39, 0.29) is 24.9 Å². The van der Waals surface area contributed by atoms with E-state index >= 15 is 0 Å². The number of carbonyl (C=O) groups is 2. The predicted octanol–water partition coefficient (Wildman–Crippen LogP) is 13.9. The van der Waals surface area contributed by atoms with Crippen LogP contribution in [0.25, 0.3) is 0 Å². The summed E-state index contributed by atoms with van der Waals surface area (Å²) >= 11 is 0. The van der Waals surface area contributed by atoms with Crippen LogP contribution in [-0.2, 0) is 14.3 Å². The first-order valence-electron chi connectivity index (χ1n) is 23.9. The lowest BCUT2D eigenvalue weighted by Gasteiger charge is -2.24. The molecule has 0 radical (unpaired) electrons. The molecule has 0 aromatic rings. The molecule has 6 nitrogen and oxygen atoms in total. The third-order valence-corrected chi connectivity index (χ3v) is 10.8. The second-order valence-corrected chi connectivity index (χ2v) is 16.3. The minimum atomic E-state index is -0.795. The van der Waals surface area contributed by atoms with Crippen LogP contribution in [0.3, 0.4) is 0 Å². The minimum absolute atomic E-state index is 0.0532. The summed E-state index contributed by atoms with van der Waals surface area (Å²) in [7, 11) is 0. The Kier molecular flexibility index (Phi) is 42.2. The lowest BCUT2D eigenvalue weighted by Crippen LogP contribution is -2.46. The van der Waals surface area contributed by atoms with E-state index in [0.29, 0.717) is 19.3 Å². The molecule has 0 aromatic carbocycles. The van der Waals surface area contributed by atoms with Gasteiger partial charge in [0.2, 0.25) is 5.91 Å². The molecule has 0 saturated carbocycles. The third-order valence-electron chi connectivity index (χ3n) is 10.8. The number of allylic oxidation sites excluding steroid dienone is 8. The Bertz CT molecular complexity index is 972. The van der Waals surface area contributed by atoms with Gasteiger partial charge in [-0.1, -0.05) is 217 Å². The summed E-state index contributed by atoms with van der Waals surface area (Å²) in [5, 5.41) is 23.6. The topological polar surface area (TPSA) is 95.9 Å². The van der Waals surface area contributed by atoms with E-state index in [1.54, 1.807) is 0 Å². The highest BCUT2D eigenvalue weighted by atomic mass is 16.5. The summed E-state index contributed by atoms with van der Waals surface area (Å²) < 4.78 is 5.90. The van der Waals surface area contributed by atoms with Crippen LogP contribution in [0.2, 0.25) is 0 Å². The van der Waals surface area contributed by atoms with Crippen molar-refractivity contribution in [3.05, 3.63) is 48.6 Å². The molecule has 0 rings (SSSR count). The molecule has 0 fully saturated rings. The summed E-state index contributed by atoms with van der Waals surface area (Å²) in [5.41, 5.74) is 0. The number of amides is 1. The van der Waals surface area contributed by atoms with Gasteiger partial charge in [0.25, 0.3) is 0 Å². The van der Waals surface area contributed by atoms with Gasteiger partial charge in [-0.15, -0.1) is 0 Å². The van der Waals surface area contributed by atoms with E-state index in [1.165, 1.54) is 116 Å². The highest BCUT2D eigenvalue weighted by Gasteiger charge is 2.24. The normalized spacial score (nSPS) is 13.7. The van der Waals surface area contributed by atoms with Crippen molar-refractivity contribution in [3.63, 3.8) is 0 Å². The molecule has 0 saturated heterocycles. The average molecular weight is 786 g/mol. The second kappa shape index (κ2) is 43.9. The van der Waals surface area contributed by atoms with Crippen molar-refractivity contribution in [2.45, 2.75) is 251 Å². The van der Waals surface area contributed by atoms with Crippen molar-refractivity contribution in [2.24, 2.45) is 0 Å². The zero-order valence-electron chi connectivity index (χ0n) is 37.0. The van der Waals surface area contributed by atoms with Crippen molar-refractivity contribution in [3.8, 4) is 0 Å². The molecule has 0 spiro atoms. The van der Waals surface area contributed by atoms with E-state index < -0.39 is 18.2 Å². The quantitative estimate of drug-likeness (QED) is 0.0325. The van der Waals surface area contributed by atoms with Gasteiger partial charge in [0, 0.05) is 6.42 Å². The fraction of sp³-hybridized carbons (Fsp3) is 0.800. The van der Waals surface area contributed by atoms with Gasteiger partial charge < -0.3 is 20.3 Å². The number of carbonyl (C=O) groups excluding carboxylic acids is 2. The van der Waals surface area contributed by atoms with Crippen molar-refractivity contribution in [2.75, 3.05) is 6.61 Å². The molecular weight excluding hydrogens is 695 g/mol. The molecule has 3 atom stereocenters. The van der Waals surface area contributed by atoms with Crippen LogP contribution in [0.5, 0.6) is 0 Å². The number of rotatable bonds is 42. The smallest absolute Gasteiger partial charge is 0.306 e. The first kappa shape index (κ1) is 53.8. The van der Waals surface area contributed by atoms with E-state index in [4.69, 9.17) is 4.74 Å². The zero-order valence-corrected chi connectivity index (χ0v) is 37.0. The lowest BCUT2D eigenvalue weighted by molar-refractivity contribution is -0.151. The molecule has 3 unspecified atom stereocenters. The maximum Gasteiger partial charge on any atom is 0.306 e. The Morgan fingerprint density at radius 1 is 0.518 bits per heavy atom. The van der Waals surface area contributed by atoms with Crippen LogP contribution in [0.1, 0.15) is 233 Å². The van der Waals surface area contributed by atoms with Gasteiger partial charge >= 0.3 is 5.97 Å². The van der Waals surface area contributed by atoms with Crippen molar-refractivity contribution >= 4 is 11.9 Å². The number of unbranched alkanes of at least 4 members (excludes halogenated alkanes) is 25. The van der Waals surface area contributed by atoms with Crippen LogP contribution in [0.15, 0.2) is 48.6 Å². The van der Waals surface area contributed by atoms with Crippen LogP contribution in [-0.4, -0.2) is 46.9 Å². The highest BCUT2D eigenvalue weighted by Crippen LogP contribution is 2.17. The van der Waals surface area contributed by atoms with Gasteiger partial charge in [-0.25, -0.2) is 0 Å². The predicted molar refractivity (Wildman–Crippen MR) is 241 cm³/mol. The molecule has 1 amide bonds. The van der Waals surface area contributed by atoms with Crippen molar-refractivity contribution in [1.29, 1.82) is 0 Å². The van der Waals surface area contributed by atoms with Gasteiger partial charge in [-0.05, 0) is 51.4 Å². The standard InChI is InChI=1S/C50H91NO5/c1-4-7-10-13-16-19-21-23-24-25-26-27-30-32-35-38-41-46(56-50(55)43-40-37-34-31-28-22-20-17-14-11-8-5-2)44-49(54)51-47(45-52)48(53)42-39-36-33-29-18-15-12-9-6-3/h16,19,21,23-27,46-48,52-53H,4-15,17-18,20,22,28-45H2,1-3H3,(H,51,54)/b19-16+,23-21+,25-24+,27-26+. The summed E-state index contributed by atoms with van der Waals surface area (Å²) in [6.07, 6.45) is 51.7. The third kappa shape index (κ3) is 38.7. The van der Waals surface area contributed by atoms with Gasteiger partial charge in [-0.3, -0.25) is 9.59 Å². The maximum atomic E-state index is 13.1. The first-order chi connectivity index (χ1) is 27.5. The van der Waals surface area contributed by atoms with Crippen LogP contribution >= 0.6 is 0 Å². The van der Waals surface area contributed by atoms with Crippen LogP contribution < -0.4 is 5.32 Å². The molecule has 6 heteroatoms. The largest absolute Gasteiger partial charge is 0.462 e. The second-order valence-electron chi connectivity index (χ2n) is 16.3. The Balaban J connectivity index is 4.70. The molecule has 3 N–H and O–H groups in total. The molecule has 0 aliphatic heterocycles. The SMILES string of the molecule is CCCCC/C=C/C=C/C=C/C=C/CCCCCC(CC(=O)NC(CO)C(O)CCCCCCCCCCC)OC(=O)CCCCCCCCCCCCCC. The molecule has 56 heavy (non-hydrogen) atoms. The van der Waals surface area contributed by atoms with Crippen molar-refractivity contribution < 1.29 is 24.5 Å². The van der Waals surface area contributed by atoms with Gasteiger partial charge in [0.05, 0.1) is 25.2 Å². The van der Waals surface area contributed by atoms with E-state index in [9.17, 15) is 19.8 Å². The fourth-order valence-corrected chi connectivity index (χ4v) is 7.09. The molecule has 326 valence electrons. The summed E-state index contributed by atoms with van der Waals surface area (Å²) in [4.78, 5) is 26.0. The summed E-state index contributed by atoms with van der Waals surface area (Å²) in [6.45, 7) is 6.40. The van der Waals surface area contributed by atoms with Crippen LogP contribution in [0.4, 0.5) is 0 Å². The Morgan fingerprint density at radius 2 is 0.911 bits per heavy atom. The minimum Gasteiger partial charge on any atom is -0.462 e. The number of nitrogens with one attached hydrogen (secondary N) is 1. The molecular formula is C50H91NO5. The fourth-order valence-electron chi connectivity index (χ4n) is 7.09. The molecule has 0 aromatic heterocycles. The number of aliphatic hydroxyl groups is 2. The monoisotopic (exact) mass is 786 g/mol. The Morgan fingerprint density at radius 3 is 1.41 bits per heavy atom. The average Bonchev–Trinajstić information content (AvgIpc) is 3.19. The highest BCUT2D eigenvalue weighted by molar-refractivity contribution is 5.77. The molecule has 0 aliphatic rings. The number of hydrogen-bond acceptors (Lipinski definition) is 5. The number of hydrogen-bond donors (Lipinski definition) is 3. The number of aliphatic hydroxyl groups excluding tert-OH is 2. The maximum absolute atomic E-state index is 13.1. The van der Waals surface area contributed by atoms with Crippen molar-refractivity contribution in [1.82, 2.24) is 5.32 Å². The van der Waals surface area contributed by atoms with E-state index in [2.05, 4.69) is 68.6 Å². The number of ether oxygens (including phenoxy) is 1. The molecule has 0 bridgehead atoms. The Labute approximate surface area is 346 Å². The van der Waals surface area contributed by atoms with Gasteiger partial charge in [0.1, 0.15) is 6.10 Å². The van der Waals surface area contributed by atoms with Gasteiger partial charge in [-0.2, -0.15) is 0 Å². The molecule has 0 heterocycles. The summed E-state index contributed by atoms with van der Waals surface area (Å²) in [6, 6.07) is -0.711. The van der Waals surface area contributed by atoms with Crippen LogP contribution in [0, 0.1) is 0 Å². The number of esters is 1. The van der Waals surface area contributed by atoms with E-state index in [1.807, 2.05) is 6.08 Å². The lowest BCUT2D eigenvalue weighted by atomic mass is 10.0. The van der Waals surface area contributed by atoms with E-state index in [0.717, 1.165) is 70.6 Å². The Hall–Kier alpha value is -2.18. The van der Waals surface area contributed by atoms with Gasteiger partial charge in [0.15, 0.2) is 0 Å². The summed E-state index contributed by atoms with van der Waals surface area (Å²) in [5.74, 6) is -0.510. The zero-order chi connectivity index (χ0) is 41.0. The first-order valence-corrected chi connectivity index (χ1v) is 23.9.